The molecule has 1 unspecified atom stereocenters. The van der Waals surface area contributed by atoms with Gasteiger partial charge >= 0.3 is 5.69 Å². The molecule has 3 aromatic rings. The second-order valence-electron chi connectivity index (χ2n) is 6.77. The highest BCUT2D eigenvalue weighted by Crippen LogP contribution is 2.24. The molecule has 1 atom stereocenters. The van der Waals surface area contributed by atoms with E-state index in [4.69, 9.17) is 0 Å². The van der Waals surface area contributed by atoms with Gasteiger partial charge in [0, 0.05) is 36.7 Å². The Labute approximate surface area is 149 Å². The smallest absolute Gasteiger partial charge is 0.299 e. The Morgan fingerprint density at radius 1 is 1.27 bits per heavy atom. The van der Waals surface area contributed by atoms with E-state index in [1.165, 1.54) is 12.1 Å². The van der Waals surface area contributed by atoms with Gasteiger partial charge in [0.25, 0.3) is 0 Å². The number of aryl methyl sites for hydroxylation is 1. The maximum atomic E-state index is 13.2. The number of nitrogens with one attached hydrogen (secondary N) is 2. The summed E-state index contributed by atoms with van der Waals surface area (Å²) in [5.74, 6) is 0.583. The van der Waals surface area contributed by atoms with Crippen LogP contribution in [0.5, 0.6) is 0 Å². The van der Waals surface area contributed by atoms with Crippen LogP contribution in [0.25, 0.3) is 11.3 Å². The topological polar surface area (TPSA) is 82.6 Å². The van der Waals surface area contributed by atoms with Crippen molar-refractivity contribution in [1.82, 2.24) is 29.9 Å². The van der Waals surface area contributed by atoms with Crippen LogP contribution in [0.2, 0.25) is 0 Å². The molecular formula is C18H21FN6O. The Bertz CT molecular complexity index is 941. The second kappa shape index (κ2) is 6.87. The van der Waals surface area contributed by atoms with E-state index in [1.807, 2.05) is 6.20 Å². The molecule has 2 aromatic heterocycles. The fraction of sp³-hybridized carbons (Fsp3) is 0.389. The van der Waals surface area contributed by atoms with Gasteiger partial charge in [0.15, 0.2) is 0 Å². The highest BCUT2D eigenvalue weighted by Gasteiger charge is 2.23. The van der Waals surface area contributed by atoms with E-state index in [0.29, 0.717) is 12.6 Å². The quantitative estimate of drug-likeness (QED) is 0.748. The average Bonchev–Trinajstić information content (AvgIpc) is 3.16. The lowest BCUT2D eigenvalue weighted by molar-refractivity contribution is 0.210. The number of halogens is 1. The maximum Gasteiger partial charge on any atom is 0.343 e. The van der Waals surface area contributed by atoms with Gasteiger partial charge in [-0.25, -0.2) is 14.3 Å². The van der Waals surface area contributed by atoms with Crippen molar-refractivity contribution < 1.29 is 4.39 Å². The van der Waals surface area contributed by atoms with Crippen LogP contribution in [-0.4, -0.2) is 43.0 Å². The molecule has 2 N–H and O–H groups in total. The van der Waals surface area contributed by atoms with Crippen LogP contribution in [0.15, 0.2) is 35.3 Å². The Morgan fingerprint density at radius 2 is 2.08 bits per heavy atom. The number of H-pyrrole nitrogens is 2. The fourth-order valence-corrected chi connectivity index (χ4v) is 3.63. The van der Waals surface area contributed by atoms with Gasteiger partial charge in [-0.3, -0.25) is 14.6 Å². The highest BCUT2D eigenvalue weighted by molar-refractivity contribution is 5.62. The molecule has 136 valence electrons. The normalized spacial score (nSPS) is 17.3. The van der Waals surface area contributed by atoms with Crippen molar-refractivity contribution in [1.29, 1.82) is 0 Å². The molecule has 0 aliphatic carbocycles. The van der Waals surface area contributed by atoms with Crippen molar-refractivity contribution in [3.05, 3.63) is 58.2 Å². The Morgan fingerprint density at radius 3 is 2.88 bits per heavy atom. The Kier molecular flexibility index (Phi) is 4.42. The third kappa shape index (κ3) is 3.20. The Hall–Kier alpha value is -2.74. The van der Waals surface area contributed by atoms with Crippen LogP contribution >= 0.6 is 0 Å². The van der Waals surface area contributed by atoms with Crippen LogP contribution in [0.4, 0.5) is 4.39 Å². The number of aromatic amines is 2. The molecule has 0 saturated carbocycles. The van der Waals surface area contributed by atoms with Gasteiger partial charge in [-0.1, -0.05) is 0 Å². The second-order valence-corrected chi connectivity index (χ2v) is 6.77. The molecule has 0 saturated heterocycles. The third-order valence-corrected chi connectivity index (χ3v) is 5.12. The number of fused-ring (bicyclic) bond motifs is 1. The summed E-state index contributed by atoms with van der Waals surface area (Å²) in [5, 5.41) is 13.8. The molecule has 0 radical (unpaired) electrons. The molecule has 0 amide bonds. The predicted octanol–water partition coefficient (Wildman–Crippen LogP) is 1.94. The lowest BCUT2D eigenvalue weighted by Crippen LogP contribution is -2.32. The van der Waals surface area contributed by atoms with E-state index in [1.54, 1.807) is 16.7 Å². The molecule has 0 fully saturated rings. The summed E-state index contributed by atoms with van der Waals surface area (Å²) >= 11 is 0. The van der Waals surface area contributed by atoms with Gasteiger partial charge in [-0.2, -0.15) is 10.2 Å². The van der Waals surface area contributed by atoms with Crippen LogP contribution in [0, 0.1) is 5.82 Å². The predicted molar refractivity (Wildman–Crippen MR) is 95.0 cm³/mol. The minimum atomic E-state index is -0.252. The van der Waals surface area contributed by atoms with Crippen LogP contribution in [0.1, 0.15) is 24.2 Å². The van der Waals surface area contributed by atoms with Crippen molar-refractivity contribution in [2.75, 3.05) is 7.05 Å². The molecule has 7 nitrogen and oxygen atoms in total. The molecule has 8 heteroatoms. The van der Waals surface area contributed by atoms with Crippen LogP contribution < -0.4 is 5.69 Å². The van der Waals surface area contributed by atoms with Gasteiger partial charge < -0.3 is 0 Å². The number of aromatic nitrogens is 5. The monoisotopic (exact) mass is 356 g/mol. The SMILES string of the molecule is CN(Cc1cn[nH]c1-c1ccc(F)cc1)C1CCc2n[nH]c(=O)n2CC1. The zero-order chi connectivity index (χ0) is 18.1. The lowest BCUT2D eigenvalue weighted by atomic mass is 10.0. The first-order chi connectivity index (χ1) is 12.6. The van der Waals surface area contributed by atoms with Gasteiger partial charge in [-0.15, -0.1) is 0 Å². The van der Waals surface area contributed by atoms with Gasteiger partial charge in [0.2, 0.25) is 0 Å². The van der Waals surface area contributed by atoms with E-state index in [-0.39, 0.29) is 11.5 Å². The minimum absolute atomic E-state index is 0.128. The summed E-state index contributed by atoms with van der Waals surface area (Å²) < 4.78 is 14.9. The first-order valence-corrected chi connectivity index (χ1v) is 8.74. The summed E-state index contributed by atoms with van der Waals surface area (Å²) in [6.45, 7) is 1.41. The van der Waals surface area contributed by atoms with Crippen molar-refractivity contribution in [3.63, 3.8) is 0 Å². The zero-order valence-corrected chi connectivity index (χ0v) is 14.6. The molecular weight excluding hydrogens is 335 g/mol. The zero-order valence-electron chi connectivity index (χ0n) is 14.6. The van der Waals surface area contributed by atoms with E-state index < -0.39 is 0 Å². The molecule has 26 heavy (non-hydrogen) atoms. The molecule has 0 spiro atoms. The van der Waals surface area contributed by atoms with E-state index in [2.05, 4.69) is 32.3 Å². The van der Waals surface area contributed by atoms with Gasteiger partial charge in [0.05, 0.1) is 11.9 Å². The van der Waals surface area contributed by atoms with E-state index >= 15 is 0 Å². The first kappa shape index (κ1) is 16.7. The van der Waals surface area contributed by atoms with E-state index in [0.717, 1.165) is 48.5 Å². The average molecular weight is 356 g/mol. The third-order valence-electron chi connectivity index (χ3n) is 5.12. The van der Waals surface area contributed by atoms with Crippen LogP contribution in [-0.2, 0) is 19.5 Å². The summed E-state index contributed by atoms with van der Waals surface area (Å²) in [7, 11) is 2.09. The molecule has 4 rings (SSSR count). The molecule has 1 aliphatic rings. The molecule has 1 aliphatic heterocycles. The minimum Gasteiger partial charge on any atom is -0.299 e. The maximum absolute atomic E-state index is 13.2. The van der Waals surface area contributed by atoms with Gasteiger partial charge in [-0.05, 0) is 44.2 Å². The van der Waals surface area contributed by atoms with E-state index in [9.17, 15) is 9.18 Å². The Balaban J connectivity index is 1.47. The number of benzene rings is 1. The number of hydrogen-bond acceptors (Lipinski definition) is 4. The van der Waals surface area contributed by atoms with Crippen molar-refractivity contribution >= 4 is 0 Å². The largest absolute Gasteiger partial charge is 0.343 e. The highest BCUT2D eigenvalue weighted by atomic mass is 19.1. The van der Waals surface area contributed by atoms with Crippen molar-refractivity contribution in [2.24, 2.45) is 0 Å². The molecule has 3 heterocycles. The standard InChI is InChI=1S/C18H21FN6O/c1-24(15-6-7-16-21-23-18(26)25(16)9-8-15)11-13-10-20-22-17(13)12-2-4-14(19)5-3-12/h2-5,10,15H,6-9,11H2,1H3,(H,20,22)(H,23,26). The summed E-state index contributed by atoms with van der Waals surface area (Å²) in [5.41, 5.74) is 2.77. The fourth-order valence-electron chi connectivity index (χ4n) is 3.63. The number of hydrogen-bond donors (Lipinski definition) is 2. The molecule has 1 aromatic carbocycles. The van der Waals surface area contributed by atoms with Crippen LogP contribution in [0.3, 0.4) is 0 Å². The van der Waals surface area contributed by atoms with Crippen molar-refractivity contribution in [2.45, 2.75) is 38.4 Å². The summed E-state index contributed by atoms with van der Waals surface area (Å²) in [6, 6.07) is 6.76. The summed E-state index contributed by atoms with van der Waals surface area (Å²) in [6.07, 6.45) is 4.45. The van der Waals surface area contributed by atoms with Crippen molar-refractivity contribution in [3.8, 4) is 11.3 Å². The molecule has 0 bridgehead atoms. The van der Waals surface area contributed by atoms with Gasteiger partial charge in [0.1, 0.15) is 11.6 Å². The lowest BCUT2D eigenvalue weighted by Gasteiger charge is -2.26. The number of nitrogens with zero attached hydrogens (tertiary/aromatic N) is 4. The first-order valence-electron chi connectivity index (χ1n) is 8.74. The summed E-state index contributed by atoms with van der Waals surface area (Å²) in [4.78, 5) is 14.1. The number of rotatable bonds is 4.